The van der Waals surface area contributed by atoms with Gasteiger partial charge in [-0.25, -0.2) is 0 Å². The van der Waals surface area contributed by atoms with E-state index in [2.05, 4.69) is 241 Å². The van der Waals surface area contributed by atoms with Crippen molar-refractivity contribution >= 4 is 114 Å². The highest BCUT2D eigenvalue weighted by molar-refractivity contribution is 6.37. The highest BCUT2D eigenvalue weighted by atomic mass is 15.1. The van der Waals surface area contributed by atoms with E-state index in [1.165, 1.54) is 119 Å². The van der Waals surface area contributed by atoms with Gasteiger partial charge in [0.15, 0.2) is 0 Å². The number of anilines is 3. The van der Waals surface area contributed by atoms with E-state index in [0.717, 1.165) is 17.1 Å². The molecule has 0 aromatic heterocycles. The lowest BCUT2D eigenvalue weighted by molar-refractivity contribution is 1.29. The Morgan fingerprint density at radius 1 is 0.200 bits per heavy atom. The first-order valence-electron chi connectivity index (χ1n) is 22.6. The lowest BCUT2D eigenvalue weighted by atomic mass is 9.87. The molecule has 0 atom stereocenters. The Balaban J connectivity index is 1.00. The molecule has 0 spiro atoms. The third-order valence-corrected chi connectivity index (χ3v) is 14.1. The summed E-state index contributed by atoms with van der Waals surface area (Å²) in [5.74, 6) is 0. The van der Waals surface area contributed by atoms with Gasteiger partial charge in [-0.2, -0.15) is 0 Å². The molecule has 14 aromatic rings. The molecule has 0 N–H and O–H groups in total. The topological polar surface area (TPSA) is 3.24 Å². The van der Waals surface area contributed by atoms with Crippen LogP contribution < -0.4 is 4.90 Å². The van der Waals surface area contributed by atoms with E-state index in [4.69, 9.17) is 0 Å². The summed E-state index contributed by atoms with van der Waals surface area (Å²) in [7, 11) is 0. The Kier molecular flexibility index (Phi) is 7.75. The Bertz CT molecular complexity index is 4210. The van der Waals surface area contributed by atoms with Crippen LogP contribution in [-0.2, 0) is 0 Å². The predicted octanol–water partition coefficient (Wildman–Crippen LogP) is 18.3. The summed E-state index contributed by atoms with van der Waals surface area (Å²) in [4.78, 5) is 2.45. The van der Waals surface area contributed by atoms with E-state index in [-0.39, 0.29) is 0 Å². The summed E-state index contributed by atoms with van der Waals surface area (Å²) in [6.45, 7) is 0. The fourth-order valence-corrected chi connectivity index (χ4v) is 11.1. The molecule has 0 saturated heterocycles. The molecule has 65 heavy (non-hydrogen) atoms. The van der Waals surface area contributed by atoms with Crippen LogP contribution >= 0.6 is 0 Å². The molecule has 1 heteroatoms. The van der Waals surface area contributed by atoms with Crippen molar-refractivity contribution in [3.8, 4) is 22.3 Å². The summed E-state index contributed by atoms with van der Waals surface area (Å²) in [5.41, 5.74) is 8.15. The Morgan fingerprint density at radius 2 is 0.631 bits per heavy atom. The molecule has 0 fully saturated rings. The highest BCUT2D eigenvalue weighted by Crippen LogP contribution is 2.47. The maximum atomic E-state index is 2.46. The van der Waals surface area contributed by atoms with E-state index in [1.807, 2.05) is 0 Å². The number of hydrogen-bond donors (Lipinski definition) is 0. The van der Waals surface area contributed by atoms with Gasteiger partial charge in [-0.3, -0.25) is 0 Å². The van der Waals surface area contributed by atoms with Crippen LogP contribution in [0.4, 0.5) is 17.1 Å². The molecule has 0 radical (unpaired) electrons. The fourth-order valence-electron chi connectivity index (χ4n) is 11.1. The first-order chi connectivity index (χ1) is 32.2. The molecule has 0 aliphatic carbocycles. The van der Waals surface area contributed by atoms with Crippen molar-refractivity contribution in [2.45, 2.75) is 0 Å². The second-order valence-corrected chi connectivity index (χ2v) is 17.6. The molecule has 0 aliphatic heterocycles. The molecule has 14 aromatic carbocycles. The van der Waals surface area contributed by atoms with Crippen molar-refractivity contribution in [2.75, 3.05) is 4.90 Å². The molecule has 0 bridgehead atoms. The maximum Gasteiger partial charge on any atom is 0.0474 e. The maximum absolute atomic E-state index is 2.46. The van der Waals surface area contributed by atoms with Crippen molar-refractivity contribution in [1.82, 2.24) is 0 Å². The summed E-state index contributed by atoms with van der Waals surface area (Å²) < 4.78 is 0. The van der Waals surface area contributed by atoms with Crippen LogP contribution in [0, 0.1) is 0 Å². The van der Waals surface area contributed by atoms with Gasteiger partial charge in [-0.05, 0) is 162 Å². The average Bonchev–Trinajstić information content (AvgIpc) is 3.37. The lowest BCUT2D eigenvalue weighted by Gasteiger charge is -2.27. The second-order valence-electron chi connectivity index (χ2n) is 17.6. The monoisotopic (exact) mass is 821 g/mol. The van der Waals surface area contributed by atoms with Gasteiger partial charge in [-0.1, -0.05) is 194 Å². The molecule has 1 nitrogen and oxygen atoms in total. The largest absolute Gasteiger partial charge is 0.310 e. The van der Waals surface area contributed by atoms with Crippen LogP contribution in [0.25, 0.3) is 119 Å². The highest BCUT2D eigenvalue weighted by Gasteiger charge is 2.20. The number of hydrogen-bond acceptors (Lipinski definition) is 1. The molecule has 0 unspecified atom stereocenters. The Labute approximate surface area is 376 Å². The second kappa shape index (κ2) is 14.0. The number of nitrogens with zero attached hydrogens (tertiary/aromatic N) is 1. The van der Waals surface area contributed by atoms with Gasteiger partial charge < -0.3 is 4.90 Å². The van der Waals surface area contributed by atoms with E-state index >= 15 is 0 Å². The van der Waals surface area contributed by atoms with E-state index in [0.29, 0.717) is 0 Å². The van der Waals surface area contributed by atoms with Crippen molar-refractivity contribution in [3.63, 3.8) is 0 Å². The van der Waals surface area contributed by atoms with Gasteiger partial charge in [0, 0.05) is 17.1 Å². The standard InChI is InChI=1S/C64H39N/c1-3-15-53-41(9-1)11-5-17-55(53)43-29-34-51(35-30-43)65(50-32-27-40(28-33-50)47-31-36-56-48(37-47)25-21-42-10-2-4-16-54(42)56)52-38-49-26-24-46-13-7-19-58-57-18-6-12-44-22-23-45-14-8-20-59(63(45)61(44)57)60(39-52)64(49)62(46)58/h1-39H. The Hall–Kier alpha value is -8.52. The number of benzene rings is 13. The van der Waals surface area contributed by atoms with Crippen molar-refractivity contribution < 1.29 is 0 Å². The number of rotatable bonds is 5. The summed E-state index contributed by atoms with van der Waals surface area (Å²) in [6.07, 6.45) is 0. The summed E-state index contributed by atoms with van der Waals surface area (Å²) >= 11 is 0. The molecule has 0 saturated carbocycles. The Morgan fingerprint density at radius 3 is 1.29 bits per heavy atom. The minimum Gasteiger partial charge on any atom is -0.310 e. The zero-order chi connectivity index (χ0) is 42.6. The van der Waals surface area contributed by atoms with Gasteiger partial charge in [0.05, 0.1) is 0 Å². The van der Waals surface area contributed by atoms with Crippen molar-refractivity contribution in [1.29, 1.82) is 0 Å². The van der Waals surface area contributed by atoms with Gasteiger partial charge in [-0.15, -0.1) is 0 Å². The summed E-state index contributed by atoms with van der Waals surface area (Å²) in [6, 6.07) is 88.2. The number of fused-ring (bicyclic) bond motifs is 6. The minimum absolute atomic E-state index is 1.10. The van der Waals surface area contributed by atoms with E-state index in [1.54, 1.807) is 0 Å². The van der Waals surface area contributed by atoms with Gasteiger partial charge in [0.1, 0.15) is 0 Å². The van der Waals surface area contributed by atoms with Crippen molar-refractivity contribution in [3.05, 3.63) is 237 Å². The molecule has 0 amide bonds. The third-order valence-electron chi connectivity index (χ3n) is 14.1. The van der Waals surface area contributed by atoms with Gasteiger partial charge in [0.25, 0.3) is 0 Å². The van der Waals surface area contributed by atoms with Crippen LogP contribution in [0.5, 0.6) is 0 Å². The van der Waals surface area contributed by atoms with Crippen LogP contribution in [0.1, 0.15) is 0 Å². The molecule has 0 aliphatic rings. The third kappa shape index (κ3) is 5.52. The smallest absolute Gasteiger partial charge is 0.0474 e. The zero-order valence-electron chi connectivity index (χ0n) is 35.5. The van der Waals surface area contributed by atoms with Gasteiger partial charge in [0.2, 0.25) is 0 Å². The fraction of sp³-hybridized carbons (Fsp3) is 0. The van der Waals surface area contributed by atoms with Gasteiger partial charge >= 0.3 is 0 Å². The van der Waals surface area contributed by atoms with E-state index < -0.39 is 0 Å². The normalized spacial score (nSPS) is 12.0. The molecular weight excluding hydrogens is 783 g/mol. The van der Waals surface area contributed by atoms with Crippen LogP contribution in [0.2, 0.25) is 0 Å². The summed E-state index contributed by atoms with van der Waals surface area (Å²) in [5, 5.41) is 22.9. The SMILES string of the molecule is c1ccc2c(-c3ccc(N(c4ccc(-c5ccc6c(ccc7ccccc76)c5)cc4)c4cc5ccc6cccc7c8cccc9ccc%10cccc(c(c4)c5c67)c%10c98)cc3)cccc2c1. The first-order valence-corrected chi connectivity index (χ1v) is 22.6. The van der Waals surface area contributed by atoms with Crippen LogP contribution in [0.15, 0.2) is 237 Å². The predicted molar refractivity (Wildman–Crippen MR) is 281 cm³/mol. The molecular formula is C64H39N. The minimum atomic E-state index is 1.10. The quantitative estimate of drug-likeness (QED) is 0.156. The lowest BCUT2D eigenvalue weighted by Crippen LogP contribution is -2.10. The zero-order valence-corrected chi connectivity index (χ0v) is 35.5. The first kappa shape index (κ1) is 36.0. The van der Waals surface area contributed by atoms with Crippen LogP contribution in [0.3, 0.4) is 0 Å². The molecule has 14 rings (SSSR count). The van der Waals surface area contributed by atoms with Crippen LogP contribution in [-0.4, -0.2) is 0 Å². The molecule has 300 valence electrons. The van der Waals surface area contributed by atoms with E-state index in [9.17, 15) is 0 Å². The molecule has 0 heterocycles. The average molecular weight is 822 g/mol. The van der Waals surface area contributed by atoms with Crippen molar-refractivity contribution in [2.24, 2.45) is 0 Å².